The summed E-state index contributed by atoms with van der Waals surface area (Å²) in [7, 11) is -3.73. The van der Waals surface area contributed by atoms with Crippen LogP contribution in [0.2, 0.25) is 10.0 Å². The molecule has 1 saturated heterocycles. The highest BCUT2D eigenvalue weighted by Gasteiger charge is 2.26. The highest BCUT2D eigenvalue weighted by Crippen LogP contribution is 2.28. The van der Waals surface area contributed by atoms with Gasteiger partial charge in [0.2, 0.25) is 10.0 Å². The summed E-state index contributed by atoms with van der Waals surface area (Å²) in [5.74, 6) is -0.654. The van der Waals surface area contributed by atoms with Gasteiger partial charge in [-0.3, -0.25) is 4.79 Å². The maximum atomic E-state index is 12.9. The van der Waals surface area contributed by atoms with E-state index in [1.165, 1.54) is 28.7 Å². The van der Waals surface area contributed by atoms with Crippen LogP contribution in [0.5, 0.6) is 0 Å². The summed E-state index contributed by atoms with van der Waals surface area (Å²) in [6.45, 7) is 2.91. The Morgan fingerprint density at radius 3 is 2.56 bits per heavy atom. The first kappa shape index (κ1) is 24.0. The second-order valence-electron chi connectivity index (χ2n) is 6.84. The number of nitrogens with one attached hydrogen (secondary N) is 2. The Labute approximate surface area is 196 Å². The molecule has 1 amide bonds. The summed E-state index contributed by atoms with van der Waals surface area (Å²) in [6.07, 6.45) is 1.17. The molecule has 0 radical (unpaired) electrons. The zero-order chi connectivity index (χ0) is 23.3. The molecule has 8 nitrogen and oxygen atoms in total. The molecule has 1 aliphatic heterocycles. The molecule has 32 heavy (non-hydrogen) atoms. The van der Waals surface area contributed by atoms with Gasteiger partial charge in [0.1, 0.15) is 11.6 Å². The average molecular weight is 495 g/mol. The largest absolute Gasteiger partial charge is 0.379 e. The number of nitriles is 1. The van der Waals surface area contributed by atoms with E-state index in [1.807, 2.05) is 6.07 Å². The summed E-state index contributed by atoms with van der Waals surface area (Å²) >= 11 is 12.2. The van der Waals surface area contributed by atoms with Crippen molar-refractivity contribution < 1.29 is 17.9 Å². The first-order chi connectivity index (χ1) is 15.2. The van der Waals surface area contributed by atoms with Crippen LogP contribution in [-0.4, -0.2) is 44.9 Å². The van der Waals surface area contributed by atoms with Crippen LogP contribution in [0.1, 0.15) is 5.56 Å². The number of amides is 1. The minimum atomic E-state index is -3.73. The number of benzene rings is 2. The Kier molecular flexibility index (Phi) is 7.77. The minimum Gasteiger partial charge on any atom is -0.379 e. The Morgan fingerprint density at radius 1 is 1.16 bits per heavy atom. The van der Waals surface area contributed by atoms with Gasteiger partial charge in [0.15, 0.2) is 0 Å². The molecule has 11 heteroatoms. The van der Waals surface area contributed by atoms with Crippen LogP contribution in [0.4, 0.5) is 11.4 Å². The predicted molar refractivity (Wildman–Crippen MR) is 123 cm³/mol. The van der Waals surface area contributed by atoms with Crippen molar-refractivity contribution in [2.24, 2.45) is 0 Å². The fourth-order valence-corrected chi connectivity index (χ4v) is 4.72. The van der Waals surface area contributed by atoms with Crippen LogP contribution in [0.15, 0.2) is 53.1 Å². The quantitative estimate of drug-likeness (QED) is 0.466. The van der Waals surface area contributed by atoms with E-state index in [-0.39, 0.29) is 34.3 Å². The lowest BCUT2D eigenvalue weighted by Crippen LogP contribution is -2.40. The normalized spacial score (nSPS) is 15.1. The molecular weight excluding hydrogens is 475 g/mol. The predicted octanol–water partition coefficient (Wildman–Crippen LogP) is 3.78. The van der Waals surface area contributed by atoms with Gasteiger partial charge in [-0.05, 0) is 42.8 Å². The van der Waals surface area contributed by atoms with Gasteiger partial charge < -0.3 is 15.4 Å². The molecule has 0 aliphatic carbocycles. The highest BCUT2D eigenvalue weighted by atomic mass is 35.5. The minimum absolute atomic E-state index is 0.0391. The zero-order valence-electron chi connectivity index (χ0n) is 17.1. The van der Waals surface area contributed by atoms with Crippen molar-refractivity contribution in [1.29, 1.82) is 5.26 Å². The van der Waals surface area contributed by atoms with Gasteiger partial charge in [0.05, 0.1) is 28.8 Å². The molecule has 0 atom stereocenters. The summed E-state index contributed by atoms with van der Waals surface area (Å²) in [5, 5.41) is 15.5. The molecule has 0 aromatic heterocycles. The Morgan fingerprint density at radius 2 is 1.88 bits per heavy atom. The van der Waals surface area contributed by atoms with Crippen LogP contribution in [0.3, 0.4) is 0 Å². The lowest BCUT2D eigenvalue weighted by atomic mass is 10.2. The molecule has 168 valence electrons. The molecule has 0 spiro atoms. The molecule has 2 aromatic rings. The monoisotopic (exact) mass is 494 g/mol. The van der Waals surface area contributed by atoms with E-state index in [1.54, 1.807) is 25.1 Å². The SMILES string of the molecule is Cc1c(Cl)cccc1NC(=O)/C(C#N)=C\Nc1cc(S(=O)(=O)N2CCOCC2)ccc1Cl. The number of carbonyl (C=O) groups is 1. The number of nitrogens with zero attached hydrogens (tertiary/aromatic N) is 2. The molecule has 3 rings (SSSR count). The van der Waals surface area contributed by atoms with Crippen molar-refractivity contribution in [2.75, 3.05) is 36.9 Å². The topological polar surface area (TPSA) is 112 Å². The molecule has 1 fully saturated rings. The summed E-state index contributed by atoms with van der Waals surface area (Å²) in [5.41, 5.74) is 1.14. The number of anilines is 2. The Hall–Kier alpha value is -2.61. The van der Waals surface area contributed by atoms with Gasteiger partial charge in [0, 0.05) is 30.0 Å². The van der Waals surface area contributed by atoms with Crippen molar-refractivity contribution in [3.63, 3.8) is 0 Å². The molecule has 2 N–H and O–H groups in total. The molecule has 1 aliphatic rings. The van der Waals surface area contributed by atoms with E-state index in [4.69, 9.17) is 27.9 Å². The number of halogens is 2. The first-order valence-corrected chi connectivity index (χ1v) is 11.7. The molecule has 1 heterocycles. The average Bonchev–Trinajstić information content (AvgIpc) is 2.79. The van der Waals surface area contributed by atoms with E-state index in [0.29, 0.717) is 29.5 Å². The van der Waals surface area contributed by atoms with Crippen molar-refractivity contribution in [1.82, 2.24) is 4.31 Å². The van der Waals surface area contributed by atoms with Crippen LogP contribution >= 0.6 is 23.2 Å². The summed E-state index contributed by atoms with van der Waals surface area (Å²) < 4.78 is 32.3. The van der Waals surface area contributed by atoms with Crippen molar-refractivity contribution in [3.05, 3.63) is 63.8 Å². The molecule has 0 unspecified atom stereocenters. The molecular formula is C21H20Cl2N4O4S. The highest BCUT2D eigenvalue weighted by molar-refractivity contribution is 7.89. The number of ether oxygens (including phenoxy) is 1. The maximum Gasteiger partial charge on any atom is 0.267 e. The van der Waals surface area contributed by atoms with E-state index in [9.17, 15) is 18.5 Å². The number of carbonyl (C=O) groups excluding carboxylic acids is 1. The van der Waals surface area contributed by atoms with Gasteiger partial charge in [-0.1, -0.05) is 29.3 Å². The van der Waals surface area contributed by atoms with Crippen LogP contribution in [-0.2, 0) is 19.6 Å². The van der Waals surface area contributed by atoms with Crippen LogP contribution < -0.4 is 10.6 Å². The maximum absolute atomic E-state index is 12.9. The standard InChI is InChI=1S/C21H20Cl2N4O4S/c1-14-17(22)3-2-4-19(14)26-21(28)15(12-24)13-25-20-11-16(5-6-18(20)23)32(29,30)27-7-9-31-10-8-27/h2-6,11,13,25H,7-10H2,1H3,(H,26,28)/b15-13-. The number of hydrogen-bond donors (Lipinski definition) is 2. The van der Waals surface area contributed by atoms with Gasteiger partial charge in [-0.15, -0.1) is 0 Å². The van der Waals surface area contributed by atoms with Gasteiger partial charge in [-0.2, -0.15) is 9.57 Å². The second kappa shape index (κ2) is 10.3. The smallest absolute Gasteiger partial charge is 0.267 e. The van der Waals surface area contributed by atoms with Crippen molar-refractivity contribution in [3.8, 4) is 6.07 Å². The van der Waals surface area contributed by atoms with E-state index < -0.39 is 15.9 Å². The van der Waals surface area contributed by atoms with Gasteiger partial charge in [-0.25, -0.2) is 8.42 Å². The fourth-order valence-electron chi connectivity index (χ4n) is 2.94. The summed E-state index contributed by atoms with van der Waals surface area (Å²) in [4.78, 5) is 12.6. The fraction of sp³-hybridized carbons (Fsp3) is 0.238. The third-order valence-electron chi connectivity index (χ3n) is 4.80. The van der Waals surface area contributed by atoms with Crippen molar-refractivity contribution >= 4 is 50.5 Å². The molecule has 2 aromatic carbocycles. The lowest BCUT2D eigenvalue weighted by molar-refractivity contribution is -0.112. The third kappa shape index (κ3) is 5.41. The Bertz CT molecular complexity index is 1200. The van der Waals surface area contributed by atoms with Crippen molar-refractivity contribution in [2.45, 2.75) is 11.8 Å². The van der Waals surface area contributed by atoms with Crippen LogP contribution in [0, 0.1) is 18.3 Å². The molecule has 0 bridgehead atoms. The lowest BCUT2D eigenvalue weighted by Gasteiger charge is -2.26. The third-order valence-corrected chi connectivity index (χ3v) is 7.43. The number of hydrogen-bond acceptors (Lipinski definition) is 6. The zero-order valence-corrected chi connectivity index (χ0v) is 19.4. The van der Waals surface area contributed by atoms with Crippen LogP contribution in [0.25, 0.3) is 0 Å². The van der Waals surface area contributed by atoms with Gasteiger partial charge >= 0.3 is 0 Å². The van der Waals surface area contributed by atoms with E-state index in [2.05, 4.69) is 10.6 Å². The number of rotatable bonds is 6. The number of morpholine rings is 1. The number of sulfonamides is 1. The summed E-state index contributed by atoms with van der Waals surface area (Å²) in [6, 6.07) is 11.0. The first-order valence-electron chi connectivity index (χ1n) is 9.54. The van der Waals surface area contributed by atoms with E-state index in [0.717, 1.165) is 0 Å². The second-order valence-corrected chi connectivity index (χ2v) is 9.59. The van der Waals surface area contributed by atoms with E-state index >= 15 is 0 Å². The Balaban J connectivity index is 1.81. The molecule has 0 saturated carbocycles. The van der Waals surface area contributed by atoms with Gasteiger partial charge in [0.25, 0.3) is 5.91 Å².